The Hall–Kier alpha value is -2.82. The molecule has 3 rings (SSSR count). The zero-order valence-corrected chi connectivity index (χ0v) is 10.8. The van der Waals surface area contributed by atoms with Crippen molar-refractivity contribution < 1.29 is 13.9 Å². The molecule has 0 aliphatic rings. The molecule has 2 aromatic heterocycles. The minimum atomic E-state index is -0.285. The predicted octanol–water partition coefficient (Wildman–Crippen LogP) is 3.70. The van der Waals surface area contributed by atoms with Crippen LogP contribution in [-0.4, -0.2) is 16.3 Å². The van der Waals surface area contributed by atoms with Gasteiger partial charge >= 0.3 is 5.95 Å². The molecule has 1 N–H and O–H groups in total. The summed E-state index contributed by atoms with van der Waals surface area (Å²) in [6.07, 6.45) is 2.96. The Bertz CT molecular complexity index is 725. The summed E-state index contributed by atoms with van der Waals surface area (Å²) in [5.41, 5.74) is 2.20. The number of benzene rings is 1. The van der Waals surface area contributed by atoms with Crippen molar-refractivity contribution in [1.29, 1.82) is 0 Å². The van der Waals surface area contributed by atoms with E-state index in [1.54, 1.807) is 12.1 Å². The number of oxazole rings is 1. The van der Waals surface area contributed by atoms with Crippen molar-refractivity contribution in [2.24, 2.45) is 4.99 Å². The molecule has 0 aliphatic carbocycles. The van der Waals surface area contributed by atoms with Gasteiger partial charge in [0.05, 0.1) is 18.2 Å². The fourth-order valence-corrected chi connectivity index (χ4v) is 1.68. The van der Waals surface area contributed by atoms with Gasteiger partial charge in [0.25, 0.3) is 5.89 Å². The molecule has 2 heterocycles. The molecule has 0 spiro atoms. The number of aliphatic imine (C=N–C) groups is 1. The summed E-state index contributed by atoms with van der Waals surface area (Å²) >= 11 is 0. The summed E-state index contributed by atoms with van der Waals surface area (Å²) < 4.78 is 10.3. The molecule has 5 nitrogen and oxygen atoms in total. The van der Waals surface area contributed by atoms with Gasteiger partial charge in [-0.05, 0) is 31.2 Å². The topological polar surface area (TPSA) is 71.8 Å². The highest BCUT2D eigenvalue weighted by molar-refractivity contribution is 5.82. The number of aromatic hydroxyl groups is 1. The van der Waals surface area contributed by atoms with E-state index in [0.29, 0.717) is 5.76 Å². The fraction of sp³-hybridized carbons (Fsp3) is 0.0667. The van der Waals surface area contributed by atoms with E-state index in [9.17, 15) is 5.11 Å². The molecule has 0 bridgehead atoms. The van der Waals surface area contributed by atoms with Gasteiger partial charge in [-0.3, -0.25) is 4.99 Å². The van der Waals surface area contributed by atoms with E-state index in [2.05, 4.69) is 9.98 Å². The number of aryl methyl sites for hydroxylation is 1. The second kappa shape index (κ2) is 5.05. The van der Waals surface area contributed by atoms with Crippen molar-refractivity contribution in [3.8, 4) is 17.6 Å². The smallest absolute Gasteiger partial charge is 0.312 e. The van der Waals surface area contributed by atoms with Gasteiger partial charge in [-0.25, -0.2) is 4.98 Å². The first-order valence-electron chi connectivity index (χ1n) is 6.07. The average molecular weight is 268 g/mol. The lowest BCUT2D eigenvalue weighted by molar-refractivity contribution is 0.333. The molecule has 0 fully saturated rings. The Morgan fingerprint density at radius 2 is 2.00 bits per heavy atom. The van der Waals surface area contributed by atoms with Crippen molar-refractivity contribution in [2.75, 3.05) is 0 Å². The molecule has 0 unspecified atom stereocenters. The van der Waals surface area contributed by atoms with Crippen LogP contribution in [0.1, 0.15) is 11.3 Å². The standard InChI is InChI=1S/C15H12N2O3/c1-10-4-6-11(7-5-10)16-9-12-15(18)20-14(17-12)13-3-2-8-19-13/h2-9,18H,1H3. The summed E-state index contributed by atoms with van der Waals surface area (Å²) in [7, 11) is 0. The number of hydrogen-bond acceptors (Lipinski definition) is 5. The molecule has 100 valence electrons. The average Bonchev–Trinajstić information content (AvgIpc) is 3.08. The first kappa shape index (κ1) is 12.2. The fourth-order valence-electron chi connectivity index (χ4n) is 1.68. The lowest BCUT2D eigenvalue weighted by Gasteiger charge is -1.93. The highest BCUT2D eigenvalue weighted by Gasteiger charge is 2.13. The molecule has 1 aromatic carbocycles. The van der Waals surface area contributed by atoms with Crippen LogP contribution in [0.2, 0.25) is 0 Å². The maximum absolute atomic E-state index is 9.69. The van der Waals surface area contributed by atoms with E-state index >= 15 is 0 Å². The molecule has 5 heteroatoms. The first-order chi connectivity index (χ1) is 9.72. The predicted molar refractivity (Wildman–Crippen MR) is 74.3 cm³/mol. The van der Waals surface area contributed by atoms with Gasteiger partial charge in [-0.2, -0.15) is 0 Å². The van der Waals surface area contributed by atoms with Crippen LogP contribution in [-0.2, 0) is 0 Å². The third-order valence-corrected chi connectivity index (χ3v) is 2.74. The molecular weight excluding hydrogens is 256 g/mol. The summed E-state index contributed by atoms with van der Waals surface area (Å²) in [5, 5.41) is 9.69. The van der Waals surface area contributed by atoms with Crippen molar-refractivity contribution in [3.05, 3.63) is 53.9 Å². The van der Waals surface area contributed by atoms with E-state index < -0.39 is 0 Å². The molecule has 0 atom stereocenters. The number of rotatable bonds is 3. The minimum absolute atomic E-state index is 0.220. The van der Waals surface area contributed by atoms with Crippen molar-refractivity contribution >= 4 is 11.9 Å². The quantitative estimate of drug-likeness (QED) is 0.735. The van der Waals surface area contributed by atoms with E-state index in [4.69, 9.17) is 8.83 Å². The maximum atomic E-state index is 9.69. The third kappa shape index (κ3) is 2.47. The Morgan fingerprint density at radius 3 is 2.70 bits per heavy atom. The summed E-state index contributed by atoms with van der Waals surface area (Å²) in [6.45, 7) is 2.01. The van der Waals surface area contributed by atoms with Crippen molar-refractivity contribution in [1.82, 2.24) is 4.98 Å². The molecule has 3 aromatic rings. The van der Waals surface area contributed by atoms with Gasteiger partial charge < -0.3 is 13.9 Å². The molecule has 20 heavy (non-hydrogen) atoms. The van der Waals surface area contributed by atoms with E-state index in [1.165, 1.54) is 12.5 Å². The Labute approximate surface area is 115 Å². The molecular formula is C15H12N2O3. The number of hydrogen-bond donors (Lipinski definition) is 1. The second-order valence-electron chi connectivity index (χ2n) is 4.28. The van der Waals surface area contributed by atoms with E-state index in [1.807, 2.05) is 31.2 Å². The summed E-state index contributed by atoms with van der Waals surface area (Å²) in [4.78, 5) is 8.36. The lowest BCUT2D eigenvalue weighted by Crippen LogP contribution is -1.81. The van der Waals surface area contributed by atoms with Crippen molar-refractivity contribution in [2.45, 2.75) is 6.92 Å². The zero-order chi connectivity index (χ0) is 13.9. The van der Waals surface area contributed by atoms with Crippen molar-refractivity contribution in [3.63, 3.8) is 0 Å². The highest BCUT2D eigenvalue weighted by atomic mass is 16.5. The van der Waals surface area contributed by atoms with E-state index in [-0.39, 0.29) is 17.5 Å². The normalized spacial score (nSPS) is 11.2. The SMILES string of the molecule is Cc1ccc(N=Cc2nc(-c3ccco3)oc2O)cc1. The first-order valence-corrected chi connectivity index (χ1v) is 6.07. The van der Waals surface area contributed by atoms with Gasteiger partial charge in [0.15, 0.2) is 11.5 Å². The second-order valence-corrected chi connectivity index (χ2v) is 4.28. The van der Waals surface area contributed by atoms with Crippen LogP contribution in [0.3, 0.4) is 0 Å². The van der Waals surface area contributed by atoms with Crippen LogP contribution < -0.4 is 0 Å². The molecule has 0 amide bonds. The Morgan fingerprint density at radius 1 is 1.20 bits per heavy atom. The van der Waals surface area contributed by atoms with Crippen LogP contribution in [0.15, 0.2) is 56.5 Å². The van der Waals surface area contributed by atoms with Gasteiger partial charge in [-0.1, -0.05) is 17.7 Å². The van der Waals surface area contributed by atoms with Gasteiger partial charge in [-0.15, -0.1) is 0 Å². The Balaban J connectivity index is 1.86. The lowest BCUT2D eigenvalue weighted by atomic mass is 10.2. The van der Waals surface area contributed by atoms with Crippen LogP contribution >= 0.6 is 0 Å². The number of furan rings is 1. The van der Waals surface area contributed by atoms with E-state index in [0.717, 1.165) is 11.3 Å². The maximum Gasteiger partial charge on any atom is 0.312 e. The van der Waals surface area contributed by atoms with Crippen LogP contribution in [0.4, 0.5) is 5.69 Å². The Kier molecular flexibility index (Phi) is 3.09. The monoisotopic (exact) mass is 268 g/mol. The summed E-state index contributed by atoms with van der Waals surface area (Å²) in [5.74, 6) is 0.389. The van der Waals surface area contributed by atoms with Crippen LogP contribution in [0.25, 0.3) is 11.7 Å². The highest BCUT2D eigenvalue weighted by Crippen LogP contribution is 2.26. The van der Waals surface area contributed by atoms with Crippen LogP contribution in [0, 0.1) is 6.92 Å². The molecule has 0 aliphatic heterocycles. The molecule has 0 saturated carbocycles. The van der Waals surface area contributed by atoms with Gasteiger partial charge in [0, 0.05) is 0 Å². The largest absolute Gasteiger partial charge is 0.479 e. The molecule has 0 saturated heterocycles. The van der Waals surface area contributed by atoms with Crippen LogP contribution in [0.5, 0.6) is 5.95 Å². The number of nitrogens with zero attached hydrogens (tertiary/aromatic N) is 2. The molecule has 0 radical (unpaired) electrons. The minimum Gasteiger partial charge on any atom is -0.479 e. The zero-order valence-electron chi connectivity index (χ0n) is 10.8. The number of aromatic nitrogens is 1. The summed E-state index contributed by atoms with van der Waals surface area (Å²) in [6, 6.07) is 11.1. The van der Waals surface area contributed by atoms with Gasteiger partial charge in [0.2, 0.25) is 0 Å². The van der Waals surface area contributed by atoms with Gasteiger partial charge in [0.1, 0.15) is 0 Å². The third-order valence-electron chi connectivity index (χ3n) is 2.74.